The predicted octanol–water partition coefficient (Wildman–Crippen LogP) is 7.00. The zero-order valence-corrected chi connectivity index (χ0v) is 22.1. The van der Waals surface area contributed by atoms with Gasteiger partial charge in [-0.05, 0) is 61.6 Å². The number of nitrogens with zero attached hydrogens (tertiary/aromatic N) is 1. The number of ether oxygens (including phenoxy) is 2. The molecule has 2 N–H and O–H groups in total. The lowest BCUT2D eigenvalue weighted by atomic mass is 9.82. The summed E-state index contributed by atoms with van der Waals surface area (Å²) in [5.74, 6) is -0.116. The average Bonchev–Trinajstić information content (AvgIpc) is 2.89. The maximum atomic E-state index is 12.3. The molecule has 1 aromatic rings. The molecule has 2 rings (SSSR count). The van der Waals surface area contributed by atoms with Crippen molar-refractivity contribution >= 4 is 12.2 Å². The molecule has 0 heterocycles. The summed E-state index contributed by atoms with van der Waals surface area (Å²) in [5.41, 5.74) is 2.91. The number of aliphatic hydroxyl groups excluding tert-OH is 1. The number of halogens is 1. The number of carbonyl (C=O) groups is 1. The highest BCUT2D eigenvalue weighted by Gasteiger charge is 2.23. The second-order valence-corrected chi connectivity index (χ2v) is 8.57. The van der Waals surface area contributed by atoms with Crippen LogP contribution in [0.1, 0.15) is 67.9 Å². The van der Waals surface area contributed by atoms with Gasteiger partial charge in [-0.25, -0.2) is 9.18 Å². The maximum Gasteiger partial charge on any atom is 0.336 e. The van der Waals surface area contributed by atoms with Gasteiger partial charge in [0.2, 0.25) is 0 Å². The van der Waals surface area contributed by atoms with Gasteiger partial charge in [0.1, 0.15) is 18.6 Å². The van der Waals surface area contributed by atoms with E-state index in [0.717, 1.165) is 43.1 Å². The first-order valence-corrected chi connectivity index (χ1v) is 12.7. The third-order valence-corrected chi connectivity index (χ3v) is 5.94. The number of carboxylic acids is 1. The summed E-state index contributed by atoms with van der Waals surface area (Å²) in [7, 11) is 0. The number of allylic oxidation sites excluding steroid dienone is 4. The summed E-state index contributed by atoms with van der Waals surface area (Å²) in [6, 6.07) is 5.46. The highest BCUT2D eigenvalue weighted by Crippen LogP contribution is 2.30. The molecule has 0 spiro atoms. The minimum atomic E-state index is -0.926. The second-order valence-electron chi connectivity index (χ2n) is 8.57. The first-order chi connectivity index (χ1) is 17.5. The molecule has 1 aliphatic rings. The van der Waals surface area contributed by atoms with E-state index in [0.29, 0.717) is 48.5 Å². The van der Waals surface area contributed by atoms with Crippen LogP contribution in [-0.4, -0.2) is 48.9 Å². The van der Waals surface area contributed by atoms with E-state index in [2.05, 4.69) is 4.99 Å². The lowest BCUT2D eigenvalue weighted by molar-refractivity contribution is 0.0403. The first kappa shape index (κ1) is 31.3. The number of rotatable bonds is 13. The number of aliphatic imine (C=N–C) groups is 1. The van der Waals surface area contributed by atoms with Crippen molar-refractivity contribution in [2.45, 2.75) is 60.0 Å². The Morgan fingerprint density at radius 3 is 2.50 bits per heavy atom. The van der Waals surface area contributed by atoms with Gasteiger partial charge in [-0.1, -0.05) is 56.7 Å². The lowest BCUT2D eigenvalue weighted by Gasteiger charge is -2.29. The summed E-state index contributed by atoms with van der Waals surface area (Å²) < 4.78 is 24.0. The molecule has 36 heavy (non-hydrogen) atoms. The number of hydrogen-bond acceptors (Lipinski definition) is 5. The summed E-state index contributed by atoms with van der Waals surface area (Å²) in [4.78, 5) is 15.8. The Morgan fingerprint density at radius 2 is 1.89 bits per heavy atom. The Balaban J connectivity index is 0.00000316. The van der Waals surface area contributed by atoms with Crippen molar-refractivity contribution in [3.05, 3.63) is 70.6 Å². The molecular weight excluding hydrogens is 461 g/mol. The van der Waals surface area contributed by atoms with Crippen molar-refractivity contribution in [1.29, 1.82) is 0 Å². The molecule has 0 bridgehead atoms. The number of benzene rings is 1. The maximum absolute atomic E-state index is 12.3. The van der Waals surface area contributed by atoms with Crippen LogP contribution >= 0.6 is 0 Å². The molecule has 1 aliphatic carbocycles. The van der Waals surface area contributed by atoms with Crippen molar-refractivity contribution in [2.75, 3.05) is 26.5 Å². The van der Waals surface area contributed by atoms with Crippen molar-refractivity contribution in [3.63, 3.8) is 0 Å². The molecule has 200 valence electrons. The molecule has 1 aromatic carbocycles. The van der Waals surface area contributed by atoms with Crippen molar-refractivity contribution in [3.8, 4) is 0 Å². The van der Waals surface area contributed by atoms with E-state index < -0.39 is 12.6 Å². The van der Waals surface area contributed by atoms with Gasteiger partial charge in [0.05, 0.1) is 18.8 Å². The average molecular weight is 504 g/mol. The molecule has 6 nitrogen and oxygen atoms in total. The molecule has 0 aliphatic heterocycles. The van der Waals surface area contributed by atoms with E-state index in [1.54, 1.807) is 37.4 Å². The third-order valence-electron chi connectivity index (χ3n) is 5.94. The molecule has 1 fully saturated rings. The summed E-state index contributed by atoms with van der Waals surface area (Å²) in [6.45, 7) is 8.73. The lowest BCUT2D eigenvalue weighted by Crippen LogP contribution is -2.23. The Kier molecular flexibility index (Phi) is 16.1. The SMILES string of the molecule is C/C=C(\C=C/CF)/C=N/C(=C\O)COCC1CCCC(COCc2cccc(C)c2C(=O)O)C1.CC. The number of hydrogen-bond donors (Lipinski definition) is 2. The Morgan fingerprint density at radius 1 is 1.19 bits per heavy atom. The van der Waals surface area contributed by atoms with Crippen LogP contribution in [0.4, 0.5) is 4.39 Å². The Hall–Kier alpha value is -2.77. The van der Waals surface area contributed by atoms with E-state index >= 15 is 0 Å². The van der Waals surface area contributed by atoms with E-state index in [1.165, 1.54) is 6.08 Å². The van der Waals surface area contributed by atoms with Gasteiger partial charge in [0, 0.05) is 19.4 Å². The van der Waals surface area contributed by atoms with E-state index in [4.69, 9.17) is 9.47 Å². The van der Waals surface area contributed by atoms with Gasteiger partial charge in [0.15, 0.2) is 0 Å². The predicted molar refractivity (Wildman–Crippen MR) is 143 cm³/mol. The van der Waals surface area contributed by atoms with Crippen molar-refractivity contribution in [1.82, 2.24) is 0 Å². The molecule has 0 aromatic heterocycles. The quantitative estimate of drug-likeness (QED) is 0.172. The molecule has 0 amide bonds. The third kappa shape index (κ3) is 11.3. The number of aromatic carboxylic acids is 1. The number of aryl methyl sites for hydroxylation is 1. The highest BCUT2D eigenvalue weighted by atomic mass is 19.1. The number of aliphatic hydroxyl groups is 1. The zero-order chi connectivity index (χ0) is 26.8. The van der Waals surface area contributed by atoms with Crippen LogP contribution in [0.2, 0.25) is 0 Å². The summed E-state index contributed by atoms with van der Waals surface area (Å²) >= 11 is 0. The van der Waals surface area contributed by atoms with Crippen LogP contribution in [0.25, 0.3) is 0 Å². The van der Waals surface area contributed by atoms with Crippen LogP contribution in [0, 0.1) is 18.8 Å². The standard InChI is InChI=1S/C27H36FNO5.C2H6/c1-3-21(10-6-12-28)14-29-25(15-30)19-34-17-23-9-5-8-22(13-23)16-33-18-24-11-4-7-20(2)26(24)27(31)32;1-2/h3-4,6-7,10-11,14-15,22-23,30H,5,8-9,12-13,16-19H2,1-2H3,(H,31,32);1-2H3/b10-6-,21-3+,25-15-,29-14+;. The normalized spacial score (nSPS) is 18.9. The van der Waals surface area contributed by atoms with Crippen LogP contribution < -0.4 is 0 Å². The molecule has 0 radical (unpaired) electrons. The fourth-order valence-corrected chi connectivity index (χ4v) is 4.19. The van der Waals surface area contributed by atoms with Gasteiger partial charge in [-0.2, -0.15) is 0 Å². The Labute approximate surface area is 215 Å². The molecule has 2 unspecified atom stereocenters. The number of carboxylic acid groups (broad SMARTS) is 1. The van der Waals surface area contributed by atoms with Crippen molar-refractivity contribution < 1.29 is 28.9 Å². The van der Waals surface area contributed by atoms with Gasteiger partial charge in [0.25, 0.3) is 0 Å². The fraction of sp³-hybridized carbons (Fsp3) is 0.517. The van der Waals surface area contributed by atoms with Gasteiger partial charge in [-0.15, -0.1) is 0 Å². The van der Waals surface area contributed by atoms with Gasteiger partial charge < -0.3 is 19.7 Å². The van der Waals surface area contributed by atoms with Crippen LogP contribution in [0.3, 0.4) is 0 Å². The Bertz CT molecular complexity index is 907. The van der Waals surface area contributed by atoms with Gasteiger partial charge >= 0.3 is 5.97 Å². The number of alkyl halides is 1. The molecule has 7 heteroatoms. The van der Waals surface area contributed by atoms with E-state index in [9.17, 15) is 19.4 Å². The first-order valence-electron chi connectivity index (χ1n) is 12.7. The molecule has 0 saturated heterocycles. The van der Waals surface area contributed by atoms with Crippen LogP contribution in [0.5, 0.6) is 0 Å². The van der Waals surface area contributed by atoms with E-state index in [1.807, 2.05) is 26.8 Å². The van der Waals surface area contributed by atoms with Crippen LogP contribution in [0.15, 0.2) is 59.0 Å². The second kappa shape index (κ2) is 18.5. The van der Waals surface area contributed by atoms with Crippen molar-refractivity contribution in [2.24, 2.45) is 16.8 Å². The van der Waals surface area contributed by atoms with Crippen LogP contribution in [-0.2, 0) is 16.1 Å². The van der Waals surface area contributed by atoms with E-state index in [-0.39, 0.29) is 6.61 Å². The topological polar surface area (TPSA) is 88.4 Å². The molecule has 1 saturated carbocycles. The minimum absolute atomic E-state index is 0.194. The zero-order valence-electron chi connectivity index (χ0n) is 22.1. The highest BCUT2D eigenvalue weighted by molar-refractivity contribution is 5.91. The summed E-state index contributed by atoms with van der Waals surface area (Å²) in [6.07, 6.45) is 11.6. The van der Waals surface area contributed by atoms with Gasteiger partial charge in [-0.3, -0.25) is 4.99 Å². The molecular formula is C29H42FNO5. The minimum Gasteiger partial charge on any atom is -0.514 e. The molecule has 2 atom stereocenters. The largest absolute Gasteiger partial charge is 0.514 e. The fourth-order valence-electron chi connectivity index (χ4n) is 4.19. The monoisotopic (exact) mass is 503 g/mol. The summed E-state index contributed by atoms with van der Waals surface area (Å²) in [5, 5.41) is 18.9. The smallest absolute Gasteiger partial charge is 0.336 e.